The lowest BCUT2D eigenvalue weighted by atomic mass is 9.85. The Hall–Kier alpha value is -2.04. The van der Waals surface area contributed by atoms with Gasteiger partial charge >= 0.3 is 5.97 Å². The van der Waals surface area contributed by atoms with Crippen molar-refractivity contribution in [2.24, 2.45) is 0 Å². The van der Waals surface area contributed by atoms with Gasteiger partial charge in [-0.25, -0.2) is 4.79 Å². The second-order valence-electron chi connectivity index (χ2n) is 4.95. The molecular weight excluding hydrogens is 258 g/mol. The highest BCUT2D eigenvalue weighted by Gasteiger charge is 2.26. The van der Waals surface area contributed by atoms with E-state index in [4.69, 9.17) is 4.74 Å². The molecule has 0 heterocycles. The summed E-state index contributed by atoms with van der Waals surface area (Å²) in [6, 6.07) is 3.67. The van der Waals surface area contributed by atoms with Crippen molar-refractivity contribution in [3.05, 3.63) is 28.8 Å². The van der Waals surface area contributed by atoms with Gasteiger partial charge in [0.25, 0.3) is 0 Å². The smallest absolute Gasteiger partial charge is 0.339 e. The minimum atomic E-state index is -0.963. The van der Waals surface area contributed by atoms with Crippen LogP contribution in [0.25, 0.3) is 0 Å². The summed E-state index contributed by atoms with van der Waals surface area (Å²) in [5, 5.41) is 12.3. The molecule has 0 aromatic heterocycles. The molecule has 1 aliphatic rings. The van der Waals surface area contributed by atoms with E-state index in [2.05, 4.69) is 5.32 Å². The van der Waals surface area contributed by atoms with E-state index in [9.17, 15) is 14.7 Å². The number of carbonyl (C=O) groups is 2. The molecule has 0 aliphatic heterocycles. The maximum absolute atomic E-state index is 11.4. The van der Waals surface area contributed by atoms with Crippen molar-refractivity contribution in [3.63, 3.8) is 0 Å². The van der Waals surface area contributed by atoms with Crippen LogP contribution in [0.4, 0.5) is 0 Å². The first-order valence-electron chi connectivity index (χ1n) is 6.78. The standard InChI is InChI=1S/C15H19NO4/c1-3-13(17)16-10-5-6-11-9(8-10)4-7-12(20-2)14(11)15(18)19/h4,7,10H,3,5-6,8H2,1-2H3,(H,16,17)(H,18,19)/t10-/m0/s1. The van der Waals surface area contributed by atoms with Gasteiger partial charge in [0.15, 0.2) is 0 Å². The van der Waals surface area contributed by atoms with Crippen LogP contribution in [-0.4, -0.2) is 30.1 Å². The quantitative estimate of drug-likeness (QED) is 0.879. The average molecular weight is 277 g/mol. The molecule has 0 unspecified atom stereocenters. The van der Waals surface area contributed by atoms with Crippen LogP contribution in [0.1, 0.15) is 41.3 Å². The summed E-state index contributed by atoms with van der Waals surface area (Å²) < 4.78 is 5.13. The topological polar surface area (TPSA) is 75.6 Å². The third kappa shape index (κ3) is 2.76. The third-order valence-electron chi connectivity index (χ3n) is 3.70. The molecule has 1 atom stereocenters. The number of hydrogen-bond donors (Lipinski definition) is 2. The highest BCUT2D eigenvalue weighted by atomic mass is 16.5. The summed E-state index contributed by atoms with van der Waals surface area (Å²) in [6.45, 7) is 1.82. The number of ether oxygens (including phenoxy) is 1. The van der Waals surface area contributed by atoms with E-state index in [1.54, 1.807) is 6.07 Å². The van der Waals surface area contributed by atoms with Gasteiger partial charge in [-0.1, -0.05) is 13.0 Å². The molecule has 108 valence electrons. The van der Waals surface area contributed by atoms with Crippen LogP contribution in [0.15, 0.2) is 12.1 Å². The molecule has 0 fully saturated rings. The number of carboxylic acids is 1. The van der Waals surface area contributed by atoms with Gasteiger partial charge in [-0.2, -0.15) is 0 Å². The van der Waals surface area contributed by atoms with E-state index in [0.29, 0.717) is 25.0 Å². The van der Waals surface area contributed by atoms with Crippen molar-refractivity contribution >= 4 is 11.9 Å². The average Bonchev–Trinajstić information content (AvgIpc) is 2.45. The number of amides is 1. The van der Waals surface area contributed by atoms with Gasteiger partial charge in [-0.15, -0.1) is 0 Å². The van der Waals surface area contributed by atoms with E-state index >= 15 is 0 Å². The fourth-order valence-corrected chi connectivity index (χ4v) is 2.69. The number of rotatable bonds is 4. The van der Waals surface area contributed by atoms with Gasteiger partial charge < -0.3 is 15.2 Å². The molecule has 1 aromatic rings. The molecule has 0 radical (unpaired) electrons. The number of carbonyl (C=O) groups excluding carboxylic acids is 1. The van der Waals surface area contributed by atoms with Gasteiger partial charge in [-0.05, 0) is 36.5 Å². The van der Waals surface area contributed by atoms with Crippen LogP contribution in [0.3, 0.4) is 0 Å². The zero-order valence-corrected chi connectivity index (χ0v) is 11.7. The van der Waals surface area contributed by atoms with Crippen LogP contribution < -0.4 is 10.1 Å². The summed E-state index contributed by atoms with van der Waals surface area (Å²) in [6.07, 6.45) is 2.53. The van der Waals surface area contributed by atoms with Crippen LogP contribution >= 0.6 is 0 Å². The van der Waals surface area contributed by atoms with Gasteiger partial charge in [0, 0.05) is 12.5 Å². The zero-order chi connectivity index (χ0) is 14.7. The van der Waals surface area contributed by atoms with Crippen LogP contribution in [0, 0.1) is 0 Å². The Morgan fingerprint density at radius 1 is 1.45 bits per heavy atom. The molecule has 0 saturated heterocycles. The minimum Gasteiger partial charge on any atom is -0.496 e. The van der Waals surface area contributed by atoms with Crippen molar-refractivity contribution in [1.82, 2.24) is 5.32 Å². The summed E-state index contributed by atoms with van der Waals surface area (Å²) >= 11 is 0. The number of hydrogen-bond acceptors (Lipinski definition) is 3. The van der Waals surface area contributed by atoms with Crippen molar-refractivity contribution < 1.29 is 19.4 Å². The first kappa shape index (κ1) is 14.4. The lowest BCUT2D eigenvalue weighted by molar-refractivity contribution is -0.121. The Morgan fingerprint density at radius 3 is 2.80 bits per heavy atom. The highest BCUT2D eigenvalue weighted by Crippen LogP contribution is 2.31. The Morgan fingerprint density at radius 2 is 2.20 bits per heavy atom. The Bertz CT molecular complexity index is 539. The first-order chi connectivity index (χ1) is 9.56. The van der Waals surface area contributed by atoms with Gasteiger partial charge in [0.05, 0.1) is 7.11 Å². The Kier molecular flexibility index (Phi) is 4.27. The fraction of sp³-hybridized carbons (Fsp3) is 0.467. The number of nitrogens with one attached hydrogen (secondary N) is 1. The van der Waals surface area contributed by atoms with E-state index in [0.717, 1.165) is 17.5 Å². The summed E-state index contributed by atoms with van der Waals surface area (Å²) in [7, 11) is 1.47. The number of methoxy groups -OCH3 is 1. The molecule has 2 rings (SSSR count). The van der Waals surface area contributed by atoms with Gasteiger partial charge in [0.2, 0.25) is 5.91 Å². The molecular formula is C15H19NO4. The molecule has 0 spiro atoms. The van der Waals surface area contributed by atoms with E-state index in [1.807, 2.05) is 13.0 Å². The highest BCUT2D eigenvalue weighted by molar-refractivity contribution is 5.93. The molecule has 20 heavy (non-hydrogen) atoms. The molecule has 0 saturated carbocycles. The summed E-state index contributed by atoms with van der Waals surface area (Å²) in [5.74, 6) is -0.535. The molecule has 1 aromatic carbocycles. The monoisotopic (exact) mass is 277 g/mol. The zero-order valence-electron chi connectivity index (χ0n) is 11.7. The lowest BCUT2D eigenvalue weighted by Crippen LogP contribution is -2.38. The predicted octanol–water partition coefficient (Wildman–Crippen LogP) is 1.78. The van der Waals surface area contributed by atoms with Crippen molar-refractivity contribution in [2.75, 3.05) is 7.11 Å². The van der Waals surface area contributed by atoms with Crippen molar-refractivity contribution in [3.8, 4) is 5.75 Å². The lowest BCUT2D eigenvalue weighted by Gasteiger charge is -2.27. The normalized spacial score (nSPS) is 17.2. The third-order valence-corrected chi connectivity index (χ3v) is 3.70. The number of aromatic carboxylic acids is 1. The number of carboxylic acid groups (broad SMARTS) is 1. The van der Waals surface area contributed by atoms with E-state index < -0.39 is 5.97 Å². The number of fused-ring (bicyclic) bond motifs is 1. The first-order valence-corrected chi connectivity index (χ1v) is 6.78. The van der Waals surface area contributed by atoms with Gasteiger partial charge in [-0.3, -0.25) is 4.79 Å². The van der Waals surface area contributed by atoms with Crippen molar-refractivity contribution in [1.29, 1.82) is 0 Å². The predicted molar refractivity (Wildman–Crippen MR) is 74.2 cm³/mol. The Balaban J connectivity index is 2.28. The largest absolute Gasteiger partial charge is 0.496 e. The molecule has 5 heteroatoms. The minimum absolute atomic E-state index is 0.0328. The second kappa shape index (κ2) is 5.94. The molecule has 1 amide bonds. The maximum Gasteiger partial charge on any atom is 0.339 e. The summed E-state index contributed by atoms with van der Waals surface area (Å²) in [4.78, 5) is 22.9. The Labute approximate surface area is 117 Å². The van der Waals surface area contributed by atoms with Gasteiger partial charge in [0.1, 0.15) is 11.3 Å². The maximum atomic E-state index is 11.4. The van der Waals surface area contributed by atoms with Crippen LogP contribution in [0.2, 0.25) is 0 Å². The van der Waals surface area contributed by atoms with E-state index in [-0.39, 0.29) is 17.5 Å². The fourth-order valence-electron chi connectivity index (χ4n) is 2.69. The molecule has 1 aliphatic carbocycles. The second-order valence-corrected chi connectivity index (χ2v) is 4.95. The molecule has 0 bridgehead atoms. The summed E-state index contributed by atoms with van der Waals surface area (Å²) in [5.41, 5.74) is 2.07. The SMILES string of the molecule is CCC(=O)N[C@H]1CCc2c(ccc(OC)c2C(=O)O)C1. The van der Waals surface area contributed by atoms with E-state index in [1.165, 1.54) is 7.11 Å². The van der Waals surface area contributed by atoms with Crippen molar-refractivity contribution in [2.45, 2.75) is 38.6 Å². The number of benzene rings is 1. The van der Waals surface area contributed by atoms with Crippen LogP contribution in [-0.2, 0) is 17.6 Å². The molecule has 5 nitrogen and oxygen atoms in total. The molecule has 2 N–H and O–H groups in total. The van der Waals surface area contributed by atoms with Crippen LogP contribution in [0.5, 0.6) is 5.75 Å².